The predicted octanol–water partition coefficient (Wildman–Crippen LogP) is 5.40. The maximum Gasteiger partial charge on any atom is 0.417 e. The zero-order valence-corrected chi connectivity index (χ0v) is 11.4. The Morgan fingerprint density at radius 3 is 1.95 bits per heavy atom. The summed E-state index contributed by atoms with van der Waals surface area (Å²) in [5, 5.41) is 10.1. The van der Waals surface area contributed by atoms with E-state index < -0.39 is 11.7 Å². The number of halogens is 3. The van der Waals surface area contributed by atoms with Crippen LogP contribution >= 0.6 is 0 Å². The first-order valence-electron chi connectivity index (χ1n) is 6.59. The molecule has 0 aromatic heterocycles. The van der Waals surface area contributed by atoms with Gasteiger partial charge in [-0.3, -0.25) is 0 Å². The van der Waals surface area contributed by atoms with Crippen LogP contribution in [0.4, 0.5) is 13.2 Å². The van der Waals surface area contributed by atoms with Gasteiger partial charge in [0.25, 0.3) is 0 Å². The third kappa shape index (κ3) is 2.53. The average Bonchev–Trinajstić information content (AvgIpc) is 2.53. The quantitative estimate of drug-likeness (QED) is 0.590. The topological polar surface area (TPSA) is 23.8 Å². The molecule has 0 radical (unpaired) electrons. The molecule has 0 aliphatic rings. The lowest BCUT2D eigenvalue weighted by atomic mass is 9.94. The van der Waals surface area contributed by atoms with E-state index in [4.69, 9.17) is 5.26 Å². The largest absolute Gasteiger partial charge is 0.417 e. The van der Waals surface area contributed by atoms with Gasteiger partial charge < -0.3 is 0 Å². The average molecular weight is 297 g/mol. The summed E-state index contributed by atoms with van der Waals surface area (Å²) < 4.78 is 40.1. The fourth-order valence-corrected chi connectivity index (χ4v) is 2.44. The van der Waals surface area contributed by atoms with Crippen LogP contribution in [0, 0.1) is 11.3 Å². The van der Waals surface area contributed by atoms with Gasteiger partial charge in [-0.2, -0.15) is 18.4 Å². The van der Waals surface area contributed by atoms with Gasteiger partial charge in [-0.15, -0.1) is 0 Å². The molecule has 108 valence electrons. The summed E-state index contributed by atoms with van der Waals surface area (Å²) in [5.74, 6) is 0. The minimum absolute atomic E-state index is 0.121. The van der Waals surface area contributed by atoms with E-state index >= 15 is 0 Å². The van der Waals surface area contributed by atoms with Crippen molar-refractivity contribution in [2.24, 2.45) is 0 Å². The molecule has 0 bridgehead atoms. The molecule has 0 heterocycles. The molecule has 0 N–H and O–H groups in total. The molecule has 4 heteroatoms. The molecule has 3 rings (SSSR count). The molecular formula is C18H10F3N. The monoisotopic (exact) mass is 297 g/mol. The Morgan fingerprint density at radius 1 is 0.818 bits per heavy atom. The lowest BCUT2D eigenvalue weighted by Crippen LogP contribution is -2.07. The fourth-order valence-electron chi connectivity index (χ4n) is 2.44. The smallest absolute Gasteiger partial charge is 0.192 e. The Balaban J connectivity index is 2.28. The van der Waals surface area contributed by atoms with E-state index in [-0.39, 0.29) is 5.56 Å². The van der Waals surface area contributed by atoms with Crippen LogP contribution < -0.4 is 0 Å². The standard InChI is InChI=1S/C18H10F3N/c19-18(20,21)17-10-15-4-2-1-3-14(15)9-16(17)13-7-5-12(11-22)6-8-13/h1-10H. The highest BCUT2D eigenvalue weighted by atomic mass is 19.4. The molecule has 0 aliphatic heterocycles. The SMILES string of the molecule is N#Cc1ccc(-c2cc3ccccc3cc2C(F)(F)F)cc1. The summed E-state index contributed by atoms with van der Waals surface area (Å²) >= 11 is 0. The van der Waals surface area contributed by atoms with Crippen molar-refractivity contribution in [2.75, 3.05) is 0 Å². The van der Waals surface area contributed by atoms with Crippen molar-refractivity contribution in [2.45, 2.75) is 6.18 Å². The molecule has 3 aromatic rings. The molecule has 0 fully saturated rings. The van der Waals surface area contributed by atoms with Gasteiger partial charge in [0, 0.05) is 0 Å². The number of fused-ring (bicyclic) bond motifs is 1. The van der Waals surface area contributed by atoms with Crippen molar-refractivity contribution >= 4 is 10.8 Å². The first-order valence-corrected chi connectivity index (χ1v) is 6.59. The van der Waals surface area contributed by atoms with E-state index in [2.05, 4.69) is 0 Å². The van der Waals surface area contributed by atoms with E-state index in [0.717, 1.165) is 5.39 Å². The summed E-state index contributed by atoms with van der Waals surface area (Å²) in [6.45, 7) is 0. The van der Waals surface area contributed by atoms with E-state index in [1.54, 1.807) is 30.3 Å². The van der Waals surface area contributed by atoms with Gasteiger partial charge in [0.1, 0.15) is 0 Å². The highest BCUT2D eigenvalue weighted by Gasteiger charge is 2.34. The second-order valence-electron chi connectivity index (χ2n) is 4.93. The van der Waals surface area contributed by atoms with Crippen LogP contribution in [0.15, 0.2) is 60.7 Å². The van der Waals surface area contributed by atoms with E-state index in [9.17, 15) is 13.2 Å². The van der Waals surface area contributed by atoms with Crippen LogP contribution in [0.1, 0.15) is 11.1 Å². The maximum atomic E-state index is 13.4. The van der Waals surface area contributed by atoms with Crippen molar-refractivity contribution in [3.05, 3.63) is 71.8 Å². The summed E-state index contributed by atoms with van der Waals surface area (Å²) in [7, 11) is 0. The minimum Gasteiger partial charge on any atom is -0.192 e. The van der Waals surface area contributed by atoms with Crippen molar-refractivity contribution in [1.82, 2.24) is 0 Å². The molecule has 3 aromatic carbocycles. The lowest BCUT2D eigenvalue weighted by molar-refractivity contribution is -0.137. The van der Waals surface area contributed by atoms with Crippen LogP contribution in [-0.4, -0.2) is 0 Å². The second-order valence-corrected chi connectivity index (χ2v) is 4.93. The molecule has 0 atom stereocenters. The Morgan fingerprint density at radius 2 is 1.41 bits per heavy atom. The van der Waals surface area contributed by atoms with Crippen LogP contribution in [-0.2, 0) is 6.18 Å². The van der Waals surface area contributed by atoms with Gasteiger partial charge in [0.15, 0.2) is 0 Å². The number of nitriles is 1. The van der Waals surface area contributed by atoms with Crippen LogP contribution in [0.3, 0.4) is 0 Å². The highest BCUT2D eigenvalue weighted by Crippen LogP contribution is 2.39. The molecule has 0 spiro atoms. The van der Waals surface area contributed by atoms with Gasteiger partial charge >= 0.3 is 6.18 Å². The molecule has 0 unspecified atom stereocenters. The molecule has 1 nitrogen and oxygen atoms in total. The Hall–Kier alpha value is -2.80. The molecular weight excluding hydrogens is 287 g/mol. The van der Waals surface area contributed by atoms with Crippen molar-refractivity contribution < 1.29 is 13.2 Å². The van der Waals surface area contributed by atoms with Crippen molar-refractivity contribution in [3.8, 4) is 17.2 Å². The third-order valence-electron chi connectivity index (χ3n) is 3.52. The van der Waals surface area contributed by atoms with Gasteiger partial charge in [-0.05, 0) is 46.2 Å². The first-order chi connectivity index (χ1) is 10.5. The molecule has 0 amide bonds. The van der Waals surface area contributed by atoms with Gasteiger partial charge in [-0.1, -0.05) is 36.4 Å². The normalized spacial score (nSPS) is 11.4. The lowest BCUT2D eigenvalue weighted by Gasteiger charge is -2.15. The summed E-state index contributed by atoms with van der Waals surface area (Å²) in [5.41, 5.74) is 0.307. The number of nitrogens with zero attached hydrogens (tertiary/aromatic N) is 1. The number of rotatable bonds is 1. The number of benzene rings is 3. The van der Waals surface area contributed by atoms with E-state index in [0.29, 0.717) is 16.5 Å². The van der Waals surface area contributed by atoms with Gasteiger partial charge in [0.05, 0.1) is 17.2 Å². The molecule has 22 heavy (non-hydrogen) atoms. The van der Waals surface area contributed by atoms with Gasteiger partial charge in [0.2, 0.25) is 0 Å². The Kier molecular flexibility index (Phi) is 3.34. The van der Waals surface area contributed by atoms with Crippen LogP contribution in [0.5, 0.6) is 0 Å². The number of hydrogen-bond donors (Lipinski definition) is 0. The van der Waals surface area contributed by atoms with Crippen molar-refractivity contribution in [1.29, 1.82) is 5.26 Å². The summed E-state index contributed by atoms with van der Waals surface area (Å²) in [4.78, 5) is 0. The molecule has 0 aliphatic carbocycles. The first kappa shape index (κ1) is 14.2. The zero-order chi connectivity index (χ0) is 15.7. The third-order valence-corrected chi connectivity index (χ3v) is 3.52. The summed E-state index contributed by atoms with van der Waals surface area (Å²) in [6, 6.07) is 17.7. The van der Waals surface area contributed by atoms with E-state index in [1.165, 1.54) is 30.3 Å². The van der Waals surface area contributed by atoms with Crippen LogP contribution in [0.2, 0.25) is 0 Å². The van der Waals surface area contributed by atoms with Crippen LogP contribution in [0.25, 0.3) is 21.9 Å². The van der Waals surface area contributed by atoms with E-state index in [1.807, 2.05) is 6.07 Å². The second kappa shape index (κ2) is 5.19. The van der Waals surface area contributed by atoms with Crippen molar-refractivity contribution in [3.63, 3.8) is 0 Å². The van der Waals surface area contributed by atoms with Gasteiger partial charge in [-0.25, -0.2) is 0 Å². The summed E-state index contributed by atoms with van der Waals surface area (Å²) in [6.07, 6.45) is -4.44. The molecule has 0 saturated carbocycles. The maximum absolute atomic E-state index is 13.4. The Labute approximate surface area is 125 Å². The number of alkyl halides is 3. The Bertz CT molecular complexity index is 871. The predicted molar refractivity (Wildman–Crippen MR) is 79.1 cm³/mol. The number of hydrogen-bond acceptors (Lipinski definition) is 1. The zero-order valence-electron chi connectivity index (χ0n) is 11.4. The minimum atomic E-state index is -4.44. The molecule has 0 saturated heterocycles. The fraction of sp³-hybridized carbons (Fsp3) is 0.0556. The highest BCUT2D eigenvalue weighted by molar-refractivity contribution is 5.89.